The predicted molar refractivity (Wildman–Crippen MR) is 109 cm³/mol. The zero-order valence-electron chi connectivity index (χ0n) is 16.3. The molecule has 3 aromatic rings. The lowest BCUT2D eigenvalue weighted by atomic mass is 9.68. The molecule has 4 atom stereocenters. The average molecular weight is 392 g/mol. The molecule has 3 aliphatic heterocycles. The number of nitrogens with one attached hydrogen (secondary N) is 2. The van der Waals surface area contributed by atoms with Crippen LogP contribution in [0, 0.1) is 0 Å². The topological polar surface area (TPSA) is 106 Å². The standard InChI is InChI=1S/C20H24N8O/c1-27(12-6-13-8-15-9-14(7-12)28(13)15)20-23-18-16(3-2-4-21-18)19(24-20)22-17-5-11(10-29)25-26-17/h2-5,12-15,29H,6-10H2,1H3,(H2,21,22,23,24,25,26)/t12-,13+,14-,15?. The maximum absolute atomic E-state index is 9.27. The lowest BCUT2D eigenvalue weighted by Gasteiger charge is -2.66. The van der Waals surface area contributed by atoms with Gasteiger partial charge in [0.25, 0.3) is 0 Å². The van der Waals surface area contributed by atoms with E-state index >= 15 is 0 Å². The Morgan fingerprint density at radius 1 is 1.21 bits per heavy atom. The van der Waals surface area contributed by atoms with E-state index in [1.165, 1.54) is 25.7 Å². The van der Waals surface area contributed by atoms with Gasteiger partial charge < -0.3 is 15.3 Å². The van der Waals surface area contributed by atoms with E-state index in [1.807, 2.05) is 12.1 Å². The molecule has 0 radical (unpaired) electrons. The fraction of sp³-hybridized carbons (Fsp3) is 0.500. The maximum Gasteiger partial charge on any atom is 0.229 e. The van der Waals surface area contributed by atoms with E-state index in [9.17, 15) is 5.11 Å². The first-order chi connectivity index (χ1) is 14.2. The molecule has 0 aromatic carbocycles. The number of piperidine rings is 2. The van der Waals surface area contributed by atoms with Crippen LogP contribution in [0.5, 0.6) is 0 Å². The highest BCUT2D eigenvalue weighted by atomic mass is 16.3. The van der Waals surface area contributed by atoms with Crippen molar-refractivity contribution in [3.63, 3.8) is 0 Å². The van der Waals surface area contributed by atoms with Crippen LogP contribution in [0.3, 0.4) is 0 Å². The van der Waals surface area contributed by atoms with Gasteiger partial charge in [-0.1, -0.05) is 0 Å². The van der Waals surface area contributed by atoms with Crippen molar-refractivity contribution in [3.05, 3.63) is 30.1 Å². The third-order valence-electron chi connectivity index (χ3n) is 6.81. The highest BCUT2D eigenvalue weighted by Crippen LogP contribution is 2.49. The van der Waals surface area contributed by atoms with Crippen molar-refractivity contribution >= 4 is 28.6 Å². The molecule has 3 aliphatic rings. The number of pyridine rings is 1. The molecule has 0 bridgehead atoms. The Labute approximate surface area is 168 Å². The summed E-state index contributed by atoms with van der Waals surface area (Å²) in [6, 6.07) is 8.38. The van der Waals surface area contributed by atoms with E-state index in [4.69, 9.17) is 9.97 Å². The van der Waals surface area contributed by atoms with E-state index in [-0.39, 0.29) is 6.61 Å². The summed E-state index contributed by atoms with van der Waals surface area (Å²) in [6.07, 6.45) is 6.80. The molecule has 150 valence electrons. The van der Waals surface area contributed by atoms with Crippen LogP contribution in [0.4, 0.5) is 17.6 Å². The molecule has 6 rings (SSSR count). The van der Waals surface area contributed by atoms with E-state index in [0.29, 0.717) is 35.0 Å². The number of aliphatic hydroxyl groups excluding tert-OH is 1. The Morgan fingerprint density at radius 2 is 2.00 bits per heavy atom. The molecule has 3 saturated heterocycles. The van der Waals surface area contributed by atoms with Crippen LogP contribution >= 0.6 is 0 Å². The second-order valence-electron chi connectivity index (χ2n) is 8.42. The predicted octanol–water partition coefficient (Wildman–Crippen LogP) is 1.80. The number of H-pyrrole nitrogens is 1. The lowest BCUT2D eigenvalue weighted by molar-refractivity contribution is -0.148. The molecular formula is C20H24N8O. The van der Waals surface area contributed by atoms with Gasteiger partial charge in [-0.05, 0) is 37.8 Å². The second-order valence-corrected chi connectivity index (χ2v) is 8.42. The Balaban J connectivity index is 1.33. The van der Waals surface area contributed by atoms with Crippen molar-refractivity contribution in [1.82, 2.24) is 30.0 Å². The quantitative estimate of drug-likeness (QED) is 0.604. The van der Waals surface area contributed by atoms with Crippen LogP contribution in [-0.2, 0) is 6.61 Å². The summed E-state index contributed by atoms with van der Waals surface area (Å²) in [5.74, 6) is 1.96. The van der Waals surface area contributed by atoms with Gasteiger partial charge in [0.05, 0.1) is 17.7 Å². The largest absolute Gasteiger partial charge is 0.390 e. The summed E-state index contributed by atoms with van der Waals surface area (Å²) in [6.45, 7) is -0.0867. The number of hydrogen-bond donors (Lipinski definition) is 3. The van der Waals surface area contributed by atoms with Crippen molar-refractivity contribution in [1.29, 1.82) is 0 Å². The second kappa shape index (κ2) is 6.36. The van der Waals surface area contributed by atoms with Crippen molar-refractivity contribution in [2.24, 2.45) is 0 Å². The molecule has 6 heterocycles. The summed E-state index contributed by atoms with van der Waals surface area (Å²) in [5.41, 5.74) is 1.31. The fourth-order valence-corrected chi connectivity index (χ4v) is 5.30. The smallest absolute Gasteiger partial charge is 0.229 e. The summed E-state index contributed by atoms with van der Waals surface area (Å²) >= 11 is 0. The molecule has 0 spiro atoms. The minimum Gasteiger partial charge on any atom is -0.390 e. The number of hydrogen-bond acceptors (Lipinski definition) is 8. The molecule has 9 heteroatoms. The van der Waals surface area contributed by atoms with Gasteiger partial charge in [-0.3, -0.25) is 10.00 Å². The first kappa shape index (κ1) is 17.1. The number of aliphatic hydroxyl groups is 1. The van der Waals surface area contributed by atoms with Crippen molar-refractivity contribution in [3.8, 4) is 0 Å². The molecular weight excluding hydrogens is 368 g/mol. The monoisotopic (exact) mass is 392 g/mol. The van der Waals surface area contributed by atoms with Crippen LogP contribution in [0.2, 0.25) is 0 Å². The highest BCUT2D eigenvalue weighted by molar-refractivity contribution is 5.89. The molecule has 9 nitrogen and oxygen atoms in total. The van der Waals surface area contributed by atoms with Crippen LogP contribution in [0.1, 0.15) is 31.4 Å². The summed E-state index contributed by atoms with van der Waals surface area (Å²) in [7, 11) is 2.10. The molecule has 0 amide bonds. The van der Waals surface area contributed by atoms with Gasteiger partial charge in [0.2, 0.25) is 5.95 Å². The zero-order chi connectivity index (χ0) is 19.5. The summed E-state index contributed by atoms with van der Waals surface area (Å²) in [4.78, 5) is 19.0. The molecule has 1 unspecified atom stereocenters. The highest BCUT2D eigenvalue weighted by Gasteiger charge is 2.55. The Bertz CT molecular complexity index is 1050. The first-order valence-electron chi connectivity index (χ1n) is 10.2. The third kappa shape index (κ3) is 2.68. The Morgan fingerprint density at radius 3 is 2.72 bits per heavy atom. The van der Waals surface area contributed by atoms with E-state index in [0.717, 1.165) is 23.5 Å². The van der Waals surface area contributed by atoms with Gasteiger partial charge >= 0.3 is 0 Å². The Kier molecular flexibility index (Phi) is 3.75. The molecule has 29 heavy (non-hydrogen) atoms. The number of anilines is 3. The van der Waals surface area contributed by atoms with Crippen molar-refractivity contribution in [2.45, 2.75) is 56.5 Å². The van der Waals surface area contributed by atoms with Gasteiger partial charge in [0, 0.05) is 43.5 Å². The summed E-state index contributed by atoms with van der Waals surface area (Å²) < 4.78 is 0. The normalized spacial score (nSPS) is 27.8. The SMILES string of the molecule is CN(c1nc(Nc2cc(CO)[nH]n2)c2cccnc2n1)[C@@H]1C[C@H]2CC3C[C@@H](C1)N32. The van der Waals surface area contributed by atoms with Gasteiger partial charge in [-0.2, -0.15) is 15.1 Å². The number of fused-ring (bicyclic) bond motifs is 1. The fourth-order valence-electron chi connectivity index (χ4n) is 5.30. The van der Waals surface area contributed by atoms with Crippen LogP contribution < -0.4 is 10.2 Å². The molecule has 3 N–H and O–H groups in total. The number of aromatic amines is 1. The lowest BCUT2D eigenvalue weighted by Crippen LogP contribution is -2.74. The van der Waals surface area contributed by atoms with Gasteiger partial charge in [-0.25, -0.2) is 4.98 Å². The molecule has 0 aliphatic carbocycles. The van der Waals surface area contributed by atoms with Crippen molar-refractivity contribution < 1.29 is 5.11 Å². The van der Waals surface area contributed by atoms with E-state index in [1.54, 1.807) is 12.3 Å². The number of aromatic nitrogens is 5. The minimum absolute atomic E-state index is 0.0867. The van der Waals surface area contributed by atoms with E-state index < -0.39 is 0 Å². The number of nitrogens with zero attached hydrogens (tertiary/aromatic N) is 6. The van der Waals surface area contributed by atoms with Gasteiger partial charge in [0.1, 0.15) is 5.82 Å². The first-order valence-corrected chi connectivity index (χ1v) is 10.2. The third-order valence-corrected chi connectivity index (χ3v) is 6.81. The maximum atomic E-state index is 9.27. The van der Waals surface area contributed by atoms with Gasteiger partial charge in [0.15, 0.2) is 11.5 Å². The summed E-state index contributed by atoms with van der Waals surface area (Å²) in [5, 5.41) is 20.4. The zero-order valence-corrected chi connectivity index (χ0v) is 16.3. The minimum atomic E-state index is -0.0867. The molecule has 3 aromatic heterocycles. The van der Waals surface area contributed by atoms with Crippen molar-refractivity contribution in [2.75, 3.05) is 17.3 Å². The van der Waals surface area contributed by atoms with Crippen LogP contribution in [0.25, 0.3) is 11.0 Å². The van der Waals surface area contributed by atoms with Crippen LogP contribution in [-0.4, -0.2) is 66.4 Å². The Hall–Kier alpha value is -2.78. The average Bonchev–Trinajstić information content (AvgIpc) is 3.16. The van der Waals surface area contributed by atoms with E-state index in [2.05, 4.69) is 37.3 Å². The van der Waals surface area contributed by atoms with Gasteiger partial charge in [-0.15, -0.1) is 0 Å². The molecule has 0 saturated carbocycles. The molecule has 3 fully saturated rings. The van der Waals surface area contributed by atoms with Crippen LogP contribution in [0.15, 0.2) is 24.4 Å². The number of rotatable bonds is 5.